The topological polar surface area (TPSA) is 60.2 Å². The van der Waals surface area contributed by atoms with E-state index in [4.69, 9.17) is 0 Å². The third-order valence-corrected chi connectivity index (χ3v) is 3.10. The van der Waals surface area contributed by atoms with E-state index in [1.54, 1.807) is 18.5 Å². The van der Waals surface area contributed by atoms with Crippen molar-refractivity contribution in [2.75, 3.05) is 0 Å². The summed E-state index contributed by atoms with van der Waals surface area (Å²) in [5, 5.41) is 0.539. The summed E-state index contributed by atoms with van der Waals surface area (Å²) in [5.74, 6) is 0.368. The van der Waals surface area contributed by atoms with E-state index in [2.05, 4.69) is 15.0 Å². The summed E-state index contributed by atoms with van der Waals surface area (Å²) in [7, 11) is 0. The van der Waals surface area contributed by atoms with Gasteiger partial charge < -0.3 is 0 Å². The number of hydrogen-bond acceptors (Lipinski definition) is 4. The van der Waals surface area contributed by atoms with E-state index in [0.29, 0.717) is 16.8 Å². The highest BCUT2D eigenvalue weighted by molar-refractivity contribution is 5.95. The normalized spacial score (nSPS) is 11.4. The van der Waals surface area contributed by atoms with Crippen LogP contribution in [0.3, 0.4) is 0 Å². The maximum absolute atomic E-state index is 12.5. The number of nitrogens with zero attached hydrogens (tertiary/aromatic N) is 4. The average Bonchev–Trinajstić information content (AvgIpc) is 2.62. The van der Waals surface area contributed by atoms with Gasteiger partial charge in [0.2, 0.25) is 5.78 Å². The Balaban J connectivity index is 2.31. The molecule has 90 valence electrons. The molecule has 0 saturated carbocycles. The molecule has 0 fully saturated rings. The fourth-order valence-corrected chi connectivity index (χ4v) is 2.25. The fraction of sp³-hybridized carbons (Fsp3) is 0. The molecule has 0 N–H and O–H groups in total. The molecule has 19 heavy (non-hydrogen) atoms. The van der Waals surface area contributed by atoms with Gasteiger partial charge >= 0.3 is 0 Å². The van der Waals surface area contributed by atoms with Crippen molar-refractivity contribution in [3.8, 4) is 11.3 Å². The van der Waals surface area contributed by atoms with Crippen molar-refractivity contribution in [1.82, 2.24) is 19.4 Å². The fourth-order valence-electron chi connectivity index (χ4n) is 2.25. The molecule has 1 aliphatic heterocycles. The lowest BCUT2D eigenvalue weighted by Crippen LogP contribution is -2.15. The molecule has 4 rings (SSSR count). The van der Waals surface area contributed by atoms with E-state index in [0.717, 1.165) is 11.3 Å². The minimum atomic E-state index is -0.137. The Bertz CT molecular complexity index is 945. The van der Waals surface area contributed by atoms with Crippen molar-refractivity contribution >= 4 is 16.8 Å². The number of rotatable bonds is 0. The Hall–Kier alpha value is -2.82. The predicted molar refractivity (Wildman–Crippen MR) is 71.2 cm³/mol. The molecule has 5 nitrogen and oxygen atoms in total. The Morgan fingerprint density at radius 1 is 1.00 bits per heavy atom. The van der Waals surface area contributed by atoms with E-state index >= 15 is 0 Å². The van der Waals surface area contributed by atoms with Crippen LogP contribution in [0.25, 0.3) is 28.1 Å². The maximum atomic E-state index is 12.5. The second-order valence-corrected chi connectivity index (χ2v) is 4.23. The lowest BCUT2D eigenvalue weighted by Gasteiger charge is -1.97. The highest BCUT2D eigenvalue weighted by Gasteiger charge is 2.16. The van der Waals surface area contributed by atoms with Crippen molar-refractivity contribution in [2.45, 2.75) is 0 Å². The third-order valence-electron chi connectivity index (χ3n) is 3.10. The third kappa shape index (κ3) is 1.35. The first kappa shape index (κ1) is 10.1. The minimum absolute atomic E-state index is 0.137. The second kappa shape index (κ2) is 3.58. The summed E-state index contributed by atoms with van der Waals surface area (Å²) in [4.78, 5) is 25.3. The van der Waals surface area contributed by atoms with Gasteiger partial charge in [0.15, 0.2) is 5.65 Å². The SMILES string of the molecule is O=c1c2c3cccccc-3nc2nc2ncccn12. The van der Waals surface area contributed by atoms with E-state index < -0.39 is 0 Å². The summed E-state index contributed by atoms with van der Waals surface area (Å²) >= 11 is 0. The van der Waals surface area contributed by atoms with Crippen molar-refractivity contribution in [3.63, 3.8) is 0 Å². The van der Waals surface area contributed by atoms with Crippen molar-refractivity contribution in [1.29, 1.82) is 0 Å². The number of aromatic nitrogens is 4. The van der Waals surface area contributed by atoms with Gasteiger partial charge in [0.25, 0.3) is 5.56 Å². The van der Waals surface area contributed by atoms with Crippen LogP contribution in [-0.4, -0.2) is 19.4 Å². The van der Waals surface area contributed by atoms with Crippen molar-refractivity contribution < 1.29 is 0 Å². The monoisotopic (exact) mass is 248 g/mol. The Kier molecular flexibility index (Phi) is 1.91. The molecule has 1 aliphatic carbocycles. The summed E-state index contributed by atoms with van der Waals surface area (Å²) in [6.45, 7) is 0. The Labute approximate surface area is 107 Å². The van der Waals surface area contributed by atoms with Crippen LogP contribution in [0.1, 0.15) is 0 Å². The van der Waals surface area contributed by atoms with Crippen molar-refractivity contribution in [3.05, 3.63) is 59.1 Å². The average molecular weight is 248 g/mol. The van der Waals surface area contributed by atoms with E-state index in [-0.39, 0.29) is 5.56 Å². The minimum Gasteiger partial charge on any atom is -0.268 e. The van der Waals surface area contributed by atoms with Gasteiger partial charge in [-0.05, 0) is 12.1 Å². The summed E-state index contributed by atoms with van der Waals surface area (Å²) in [6, 6.07) is 11.2. The van der Waals surface area contributed by atoms with Crippen LogP contribution in [0.15, 0.2) is 53.6 Å². The molecular weight excluding hydrogens is 240 g/mol. The van der Waals surface area contributed by atoms with Crippen LogP contribution in [0.5, 0.6) is 0 Å². The molecular formula is C14H8N4O. The lowest BCUT2D eigenvalue weighted by molar-refractivity contribution is 1.02. The number of hydrogen-bond donors (Lipinski definition) is 0. The van der Waals surface area contributed by atoms with Crippen LogP contribution >= 0.6 is 0 Å². The lowest BCUT2D eigenvalue weighted by atomic mass is 10.2. The largest absolute Gasteiger partial charge is 0.269 e. The van der Waals surface area contributed by atoms with Gasteiger partial charge in [-0.25, -0.2) is 9.97 Å². The quantitative estimate of drug-likeness (QED) is 0.475. The van der Waals surface area contributed by atoms with Gasteiger partial charge in [0.05, 0.1) is 11.1 Å². The van der Waals surface area contributed by atoms with E-state index in [1.165, 1.54) is 4.40 Å². The van der Waals surface area contributed by atoms with Gasteiger partial charge in [0.1, 0.15) is 0 Å². The zero-order valence-electron chi connectivity index (χ0n) is 9.82. The van der Waals surface area contributed by atoms with Gasteiger partial charge in [-0.1, -0.05) is 24.3 Å². The molecule has 3 heterocycles. The molecule has 0 bridgehead atoms. The van der Waals surface area contributed by atoms with Crippen LogP contribution in [0.4, 0.5) is 0 Å². The van der Waals surface area contributed by atoms with Crippen LogP contribution in [0, 0.1) is 0 Å². The van der Waals surface area contributed by atoms with E-state index in [1.807, 2.05) is 30.3 Å². The predicted octanol–water partition coefficient (Wildman–Crippen LogP) is 1.74. The molecule has 2 aromatic heterocycles. The molecule has 0 saturated heterocycles. The Morgan fingerprint density at radius 3 is 2.84 bits per heavy atom. The summed E-state index contributed by atoms with van der Waals surface area (Å²) in [6.07, 6.45) is 3.27. The zero-order valence-corrected chi connectivity index (χ0v) is 9.82. The van der Waals surface area contributed by atoms with Gasteiger partial charge in [-0.3, -0.25) is 9.20 Å². The first-order chi connectivity index (χ1) is 9.34. The smallest absolute Gasteiger partial charge is 0.268 e. The maximum Gasteiger partial charge on any atom is 0.269 e. The van der Waals surface area contributed by atoms with Crippen molar-refractivity contribution in [2.24, 2.45) is 0 Å². The van der Waals surface area contributed by atoms with Gasteiger partial charge in [0, 0.05) is 18.0 Å². The molecule has 5 heteroatoms. The molecule has 0 aromatic carbocycles. The zero-order chi connectivity index (χ0) is 12.8. The van der Waals surface area contributed by atoms with Gasteiger partial charge in [-0.15, -0.1) is 0 Å². The molecule has 2 aromatic rings. The summed E-state index contributed by atoms with van der Waals surface area (Å²) < 4.78 is 1.44. The highest BCUT2D eigenvalue weighted by atomic mass is 16.1. The first-order valence-corrected chi connectivity index (χ1v) is 5.86. The molecule has 2 aliphatic rings. The van der Waals surface area contributed by atoms with Crippen LogP contribution < -0.4 is 5.56 Å². The summed E-state index contributed by atoms with van der Waals surface area (Å²) in [5.41, 5.74) is 1.89. The second-order valence-electron chi connectivity index (χ2n) is 4.23. The Morgan fingerprint density at radius 2 is 1.89 bits per heavy atom. The molecule has 0 radical (unpaired) electrons. The van der Waals surface area contributed by atoms with Crippen LogP contribution in [-0.2, 0) is 0 Å². The first-order valence-electron chi connectivity index (χ1n) is 5.86. The molecule has 0 spiro atoms. The van der Waals surface area contributed by atoms with E-state index in [9.17, 15) is 4.79 Å². The van der Waals surface area contributed by atoms with Gasteiger partial charge in [-0.2, -0.15) is 4.98 Å². The standard InChI is InChI=1S/C14H8N4O/c19-13-11-9-5-2-1-3-6-10(9)16-12(11)17-14-15-7-4-8-18(13)14/h1-8H. The van der Waals surface area contributed by atoms with Crippen LogP contribution in [0.2, 0.25) is 0 Å². The molecule has 0 amide bonds. The molecule has 0 atom stereocenters. The molecule has 0 unspecified atom stereocenters. The number of fused-ring (bicyclic) bond motifs is 4. The highest BCUT2D eigenvalue weighted by Crippen LogP contribution is 2.26.